The van der Waals surface area contributed by atoms with E-state index in [9.17, 15) is 4.79 Å². The van der Waals surface area contributed by atoms with Crippen LogP contribution in [0.1, 0.15) is 44.6 Å². The lowest BCUT2D eigenvalue weighted by molar-refractivity contribution is -0.133. The number of anilines is 1. The molecule has 0 radical (unpaired) electrons. The SMILES string of the molecule is CC1(C)CCN(C(=O)CC2CNc3ccccc32)CC1. The number of para-hydroxylation sites is 1. The van der Waals surface area contributed by atoms with Crippen LogP contribution < -0.4 is 5.32 Å². The molecule has 2 aliphatic heterocycles. The summed E-state index contributed by atoms with van der Waals surface area (Å²) in [4.78, 5) is 14.5. The maximum Gasteiger partial charge on any atom is 0.223 e. The minimum Gasteiger partial charge on any atom is -0.384 e. The van der Waals surface area contributed by atoms with E-state index in [1.807, 2.05) is 6.07 Å². The van der Waals surface area contributed by atoms with E-state index in [0.29, 0.717) is 23.7 Å². The van der Waals surface area contributed by atoms with Crippen molar-refractivity contribution >= 4 is 11.6 Å². The number of hydrogen-bond acceptors (Lipinski definition) is 2. The van der Waals surface area contributed by atoms with Crippen LogP contribution in [0.15, 0.2) is 24.3 Å². The molecular formula is C17H24N2O. The van der Waals surface area contributed by atoms with E-state index >= 15 is 0 Å². The number of nitrogens with one attached hydrogen (secondary N) is 1. The lowest BCUT2D eigenvalue weighted by Crippen LogP contribution is -2.41. The summed E-state index contributed by atoms with van der Waals surface area (Å²) in [6.07, 6.45) is 2.89. The van der Waals surface area contributed by atoms with Gasteiger partial charge in [0.1, 0.15) is 0 Å². The normalized spacial score (nSPS) is 24.1. The fourth-order valence-corrected chi connectivity index (χ4v) is 3.24. The quantitative estimate of drug-likeness (QED) is 0.896. The third-order valence-corrected chi connectivity index (χ3v) is 4.83. The van der Waals surface area contributed by atoms with Crippen LogP contribution >= 0.6 is 0 Å². The number of likely N-dealkylation sites (tertiary alicyclic amines) is 1. The third-order valence-electron chi connectivity index (χ3n) is 4.83. The molecule has 1 aromatic carbocycles. The van der Waals surface area contributed by atoms with Gasteiger partial charge in [0.05, 0.1) is 0 Å². The molecule has 1 saturated heterocycles. The van der Waals surface area contributed by atoms with E-state index in [2.05, 4.69) is 42.3 Å². The number of hydrogen-bond donors (Lipinski definition) is 1. The summed E-state index contributed by atoms with van der Waals surface area (Å²) in [6.45, 7) is 7.34. The predicted molar refractivity (Wildman–Crippen MR) is 81.9 cm³/mol. The molecule has 1 fully saturated rings. The van der Waals surface area contributed by atoms with Crippen molar-refractivity contribution in [1.82, 2.24) is 4.90 Å². The zero-order valence-corrected chi connectivity index (χ0v) is 12.5. The maximum absolute atomic E-state index is 12.5. The second-order valence-electron chi connectivity index (χ2n) is 6.91. The van der Waals surface area contributed by atoms with Crippen LogP contribution in [-0.2, 0) is 4.79 Å². The first kappa shape index (κ1) is 13.5. The Hall–Kier alpha value is -1.51. The standard InChI is InChI=1S/C17H24N2O/c1-17(2)7-9-19(10-8-17)16(20)11-13-12-18-15-6-4-3-5-14(13)15/h3-6,13,18H,7-12H2,1-2H3. The topological polar surface area (TPSA) is 32.3 Å². The Labute approximate surface area is 121 Å². The predicted octanol–water partition coefficient (Wildman–Crippen LogP) is 3.23. The molecule has 1 amide bonds. The highest BCUT2D eigenvalue weighted by Crippen LogP contribution is 2.35. The lowest BCUT2D eigenvalue weighted by atomic mass is 9.82. The van der Waals surface area contributed by atoms with Crippen molar-refractivity contribution in [2.24, 2.45) is 5.41 Å². The molecule has 0 aliphatic carbocycles. The second kappa shape index (κ2) is 5.12. The highest BCUT2D eigenvalue weighted by Gasteiger charge is 2.30. The van der Waals surface area contributed by atoms with Gasteiger partial charge in [-0.05, 0) is 29.9 Å². The van der Waals surface area contributed by atoms with E-state index in [1.54, 1.807) is 0 Å². The van der Waals surface area contributed by atoms with Gasteiger partial charge < -0.3 is 10.2 Å². The van der Waals surface area contributed by atoms with Crippen LogP contribution in [0.4, 0.5) is 5.69 Å². The number of piperidine rings is 1. The van der Waals surface area contributed by atoms with E-state index < -0.39 is 0 Å². The first-order valence-corrected chi connectivity index (χ1v) is 7.66. The van der Waals surface area contributed by atoms with Crippen molar-refractivity contribution in [2.45, 2.75) is 39.0 Å². The molecular weight excluding hydrogens is 248 g/mol. The molecule has 1 atom stereocenters. The average Bonchev–Trinajstić information content (AvgIpc) is 2.82. The largest absolute Gasteiger partial charge is 0.384 e. The summed E-state index contributed by atoms with van der Waals surface area (Å²) >= 11 is 0. The molecule has 1 unspecified atom stereocenters. The smallest absolute Gasteiger partial charge is 0.223 e. The van der Waals surface area contributed by atoms with Crippen LogP contribution in [0.25, 0.3) is 0 Å². The Morgan fingerprint density at radius 1 is 1.30 bits per heavy atom. The molecule has 0 bridgehead atoms. The number of benzene rings is 1. The summed E-state index contributed by atoms with van der Waals surface area (Å²) in [5, 5.41) is 3.40. The van der Waals surface area contributed by atoms with Crippen molar-refractivity contribution in [3.63, 3.8) is 0 Å². The summed E-state index contributed by atoms with van der Waals surface area (Å²) in [7, 11) is 0. The number of nitrogens with zero attached hydrogens (tertiary/aromatic N) is 1. The van der Waals surface area contributed by atoms with Gasteiger partial charge in [0, 0.05) is 37.7 Å². The van der Waals surface area contributed by atoms with Gasteiger partial charge in [-0.2, -0.15) is 0 Å². The second-order valence-corrected chi connectivity index (χ2v) is 6.91. The number of carbonyl (C=O) groups is 1. The maximum atomic E-state index is 12.5. The Kier molecular flexibility index (Phi) is 3.45. The molecule has 20 heavy (non-hydrogen) atoms. The number of fused-ring (bicyclic) bond motifs is 1. The minimum atomic E-state index is 0.323. The monoisotopic (exact) mass is 272 g/mol. The van der Waals surface area contributed by atoms with Crippen molar-refractivity contribution in [1.29, 1.82) is 0 Å². The van der Waals surface area contributed by atoms with E-state index in [0.717, 1.165) is 32.5 Å². The van der Waals surface area contributed by atoms with Gasteiger partial charge in [0.25, 0.3) is 0 Å². The zero-order chi connectivity index (χ0) is 14.2. The van der Waals surface area contributed by atoms with E-state index in [4.69, 9.17) is 0 Å². The van der Waals surface area contributed by atoms with Crippen LogP contribution in [0.5, 0.6) is 0 Å². The Morgan fingerprint density at radius 3 is 2.75 bits per heavy atom. The molecule has 1 aromatic rings. The minimum absolute atomic E-state index is 0.323. The van der Waals surface area contributed by atoms with E-state index in [1.165, 1.54) is 11.3 Å². The fourth-order valence-electron chi connectivity index (χ4n) is 3.24. The summed E-state index contributed by atoms with van der Waals surface area (Å²) in [5.74, 6) is 0.664. The molecule has 3 nitrogen and oxygen atoms in total. The van der Waals surface area contributed by atoms with Crippen LogP contribution in [0.3, 0.4) is 0 Å². The number of rotatable bonds is 2. The molecule has 3 heteroatoms. The van der Waals surface area contributed by atoms with Gasteiger partial charge in [-0.15, -0.1) is 0 Å². The van der Waals surface area contributed by atoms with E-state index in [-0.39, 0.29) is 0 Å². The fraction of sp³-hybridized carbons (Fsp3) is 0.588. The van der Waals surface area contributed by atoms with Gasteiger partial charge >= 0.3 is 0 Å². The Morgan fingerprint density at radius 2 is 2.00 bits per heavy atom. The summed E-state index contributed by atoms with van der Waals surface area (Å²) in [5.41, 5.74) is 2.90. The van der Waals surface area contributed by atoms with Crippen LogP contribution in [-0.4, -0.2) is 30.4 Å². The molecule has 0 saturated carbocycles. The van der Waals surface area contributed by atoms with Crippen LogP contribution in [0, 0.1) is 5.41 Å². The Bertz CT molecular complexity index is 499. The molecule has 2 aliphatic rings. The first-order chi connectivity index (χ1) is 9.55. The van der Waals surface area contributed by atoms with Crippen molar-refractivity contribution in [3.8, 4) is 0 Å². The highest BCUT2D eigenvalue weighted by atomic mass is 16.2. The first-order valence-electron chi connectivity index (χ1n) is 7.66. The van der Waals surface area contributed by atoms with Crippen molar-refractivity contribution in [3.05, 3.63) is 29.8 Å². The molecule has 2 heterocycles. The van der Waals surface area contributed by atoms with Gasteiger partial charge in [-0.25, -0.2) is 0 Å². The molecule has 3 rings (SSSR count). The highest BCUT2D eigenvalue weighted by molar-refractivity contribution is 5.78. The molecule has 1 N–H and O–H groups in total. The van der Waals surface area contributed by atoms with Gasteiger partial charge in [0.2, 0.25) is 5.91 Å². The van der Waals surface area contributed by atoms with Gasteiger partial charge in [-0.3, -0.25) is 4.79 Å². The lowest BCUT2D eigenvalue weighted by Gasteiger charge is -2.37. The van der Waals surface area contributed by atoms with Gasteiger partial charge in [-0.1, -0.05) is 32.0 Å². The number of carbonyl (C=O) groups excluding carboxylic acids is 1. The van der Waals surface area contributed by atoms with Crippen molar-refractivity contribution < 1.29 is 4.79 Å². The van der Waals surface area contributed by atoms with Crippen molar-refractivity contribution in [2.75, 3.05) is 25.0 Å². The molecule has 108 valence electrons. The van der Waals surface area contributed by atoms with Crippen LogP contribution in [0.2, 0.25) is 0 Å². The average molecular weight is 272 g/mol. The third kappa shape index (κ3) is 2.67. The molecule has 0 spiro atoms. The molecule has 0 aromatic heterocycles. The summed E-state index contributed by atoms with van der Waals surface area (Å²) < 4.78 is 0. The summed E-state index contributed by atoms with van der Waals surface area (Å²) in [6, 6.07) is 8.35. The number of amides is 1. The van der Waals surface area contributed by atoms with Gasteiger partial charge in [0.15, 0.2) is 0 Å². The Balaban J connectivity index is 1.61. The zero-order valence-electron chi connectivity index (χ0n) is 12.5.